The Morgan fingerprint density at radius 1 is 1.39 bits per heavy atom. The zero-order chi connectivity index (χ0) is 16.2. The Bertz CT molecular complexity index is 727. The van der Waals surface area contributed by atoms with Crippen LogP contribution in [-0.2, 0) is 4.79 Å². The fourth-order valence-electron chi connectivity index (χ4n) is 2.00. The van der Waals surface area contributed by atoms with E-state index < -0.39 is 0 Å². The molecule has 0 spiro atoms. The van der Waals surface area contributed by atoms with Gasteiger partial charge in [-0.3, -0.25) is 4.79 Å². The topological polar surface area (TPSA) is 112 Å². The van der Waals surface area contributed by atoms with Gasteiger partial charge in [0.2, 0.25) is 18.6 Å². The number of thioether (sulfide) groups is 1. The van der Waals surface area contributed by atoms with Gasteiger partial charge in [0.05, 0.1) is 5.25 Å². The first-order chi connectivity index (χ1) is 11.2. The first-order valence-corrected chi connectivity index (χ1v) is 7.85. The molecule has 3 rings (SSSR count). The molecule has 1 aliphatic rings. The van der Waals surface area contributed by atoms with Gasteiger partial charge in [-0.05, 0) is 18.6 Å². The van der Waals surface area contributed by atoms with Crippen LogP contribution in [0.15, 0.2) is 29.7 Å². The first-order valence-electron chi connectivity index (χ1n) is 6.97. The third-order valence-electron chi connectivity index (χ3n) is 3.12. The predicted molar refractivity (Wildman–Crippen MR) is 85.4 cm³/mol. The quantitative estimate of drug-likeness (QED) is 0.795. The van der Waals surface area contributed by atoms with Gasteiger partial charge in [0.1, 0.15) is 6.33 Å². The van der Waals surface area contributed by atoms with Gasteiger partial charge in [0.25, 0.3) is 0 Å². The summed E-state index contributed by atoms with van der Waals surface area (Å²) in [5, 5.41) is 2.94. The summed E-state index contributed by atoms with van der Waals surface area (Å²) in [6, 6.07) is 5.26. The Balaban J connectivity index is 1.68. The number of carbonyl (C=O) groups is 1. The van der Waals surface area contributed by atoms with Crippen LogP contribution in [0.5, 0.6) is 11.5 Å². The summed E-state index contributed by atoms with van der Waals surface area (Å²) in [5.41, 5.74) is 6.17. The van der Waals surface area contributed by atoms with E-state index in [9.17, 15) is 4.79 Å². The van der Waals surface area contributed by atoms with Crippen LogP contribution in [0.4, 0.5) is 11.6 Å². The Morgan fingerprint density at radius 3 is 3.00 bits per heavy atom. The van der Waals surface area contributed by atoms with Crippen LogP contribution in [0, 0.1) is 0 Å². The molecule has 1 unspecified atom stereocenters. The Kier molecular flexibility index (Phi) is 4.47. The van der Waals surface area contributed by atoms with Gasteiger partial charge in [0, 0.05) is 11.8 Å². The van der Waals surface area contributed by atoms with E-state index in [4.69, 9.17) is 15.2 Å². The number of carbonyl (C=O) groups excluding carboxylic acids is 1. The average Bonchev–Trinajstić information content (AvgIpc) is 3.00. The van der Waals surface area contributed by atoms with E-state index in [0.717, 1.165) is 0 Å². The Morgan fingerprint density at radius 2 is 2.22 bits per heavy atom. The zero-order valence-electron chi connectivity index (χ0n) is 12.4. The third-order valence-corrected chi connectivity index (χ3v) is 4.36. The molecule has 120 valence electrons. The Labute approximate surface area is 136 Å². The molecule has 8 nitrogen and oxygen atoms in total. The second-order valence-corrected chi connectivity index (χ2v) is 5.87. The maximum atomic E-state index is 12.4. The molecule has 9 heteroatoms. The van der Waals surface area contributed by atoms with Crippen molar-refractivity contribution in [2.75, 3.05) is 17.8 Å². The summed E-state index contributed by atoms with van der Waals surface area (Å²) in [7, 11) is 0. The largest absolute Gasteiger partial charge is 0.454 e. The van der Waals surface area contributed by atoms with Crippen LogP contribution in [0.1, 0.15) is 13.3 Å². The highest BCUT2D eigenvalue weighted by Gasteiger charge is 2.21. The van der Waals surface area contributed by atoms with Crippen LogP contribution < -0.4 is 20.5 Å². The maximum absolute atomic E-state index is 12.4. The minimum absolute atomic E-state index is 0.133. The third kappa shape index (κ3) is 3.62. The number of ether oxygens (including phenoxy) is 2. The van der Waals surface area contributed by atoms with E-state index in [1.54, 1.807) is 18.2 Å². The second-order valence-electron chi connectivity index (χ2n) is 4.70. The van der Waals surface area contributed by atoms with Gasteiger partial charge in [0.15, 0.2) is 16.7 Å². The highest BCUT2D eigenvalue weighted by atomic mass is 32.2. The number of nitrogen functional groups attached to an aromatic ring is 1. The molecule has 2 aromatic rings. The number of aromatic nitrogens is 3. The minimum Gasteiger partial charge on any atom is -0.454 e. The summed E-state index contributed by atoms with van der Waals surface area (Å²) in [4.78, 5) is 24.2. The lowest BCUT2D eigenvalue weighted by Crippen LogP contribution is -2.24. The average molecular weight is 333 g/mol. The van der Waals surface area contributed by atoms with E-state index in [1.807, 2.05) is 6.92 Å². The monoisotopic (exact) mass is 333 g/mol. The fraction of sp³-hybridized carbons (Fsp3) is 0.286. The number of nitrogens with one attached hydrogen (secondary N) is 1. The van der Waals surface area contributed by atoms with Crippen molar-refractivity contribution >= 4 is 29.3 Å². The molecule has 1 aromatic heterocycles. The van der Waals surface area contributed by atoms with Crippen molar-refractivity contribution in [3.8, 4) is 11.5 Å². The summed E-state index contributed by atoms with van der Waals surface area (Å²) >= 11 is 1.25. The van der Waals surface area contributed by atoms with E-state index in [1.165, 1.54) is 18.1 Å². The zero-order valence-corrected chi connectivity index (χ0v) is 13.2. The highest BCUT2D eigenvalue weighted by molar-refractivity contribution is 8.00. The van der Waals surface area contributed by atoms with Crippen molar-refractivity contribution in [2.45, 2.75) is 23.8 Å². The number of amides is 1. The molecule has 0 saturated heterocycles. The number of nitrogens with zero attached hydrogens (tertiary/aromatic N) is 3. The second kappa shape index (κ2) is 6.69. The molecule has 1 aliphatic heterocycles. The molecule has 2 heterocycles. The SMILES string of the molecule is CCC(Sc1ncnc(N)n1)C(=O)Nc1ccc2c(c1)OCO2. The van der Waals surface area contributed by atoms with Gasteiger partial charge in [-0.2, -0.15) is 4.98 Å². The van der Waals surface area contributed by atoms with Crippen molar-refractivity contribution in [2.24, 2.45) is 0 Å². The summed E-state index contributed by atoms with van der Waals surface area (Å²) in [5.74, 6) is 1.28. The number of anilines is 2. The standard InChI is InChI=1S/C14H15N5O3S/c1-2-11(23-14-17-6-16-13(15)19-14)12(20)18-8-3-4-9-10(5-8)22-7-21-9/h3-6,11H,2,7H2,1H3,(H,18,20)(H2,15,16,17,19). The van der Waals surface area contributed by atoms with Crippen LogP contribution >= 0.6 is 11.8 Å². The summed E-state index contributed by atoms with van der Waals surface area (Å²) < 4.78 is 10.5. The van der Waals surface area contributed by atoms with Gasteiger partial charge in [-0.1, -0.05) is 18.7 Å². The van der Waals surface area contributed by atoms with Crippen molar-refractivity contribution in [1.82, 2.24) is 15.0 Å². The van der Waals surface area contributed by atoms with Crippen molar-refractivity contribution in [3.63, 3.8) is 0 Å². The molecule has 1 atom stereocenters. The van der Waals surface area contributed by atoms with Crippen LogP contribution in [0.2, 0.25) is 0 Å². The van der Waals surface area contributed by atoms with E-state index in [2.05, 4.69) is 20.3 Å². The van der Waals surface area contributed by atoms with Crippen molar-refractivity contribution in [1.29, 1.82) is 0 Å². The summed E-state index contributed by atoms with van der Waals surface area (Å²) in [6.07, 6.45) is 1.94. The normalized spacial score (nSPS) is 13.6. The lowest BCUT2D eigenvalue weighted by Gasteiger charge is -2.14. The molecule has 1 aromatic carbocycles. The smallest absolute Gasteiger partial charge is 0.237 e. The predicted octanol–water partition coefficient (Wildman–Crippen LogP) is 1.69. The molecule has 0 aliphatic carbocycles. The highest BCUT2D eigenvalue weighted by Crippen LogP contribution is 2.34. The Hall–Kier alpha value is -2.55. The molecular weight excluding hydrogens is 318 g/mol. The minimum atomic E-state index is -0.345. The van der Waals surface area contributed by atoms with E-state index in [0.29, 0.717) is 28.8 Å². The van der Waals surface area contributed by atoms with Gasteiger partial charge in [-0.15, -0.1) is 0 Å². The molecule has 0 radical (unpaired) electrons. The fourth-order valence-corrected chi connectivity index (χ4v) is 2.84. The molecule has 1 amide bonds. The van der Waals surface area contributed by atoms with Gasteiger partial charge >= 0.3 is 0 Å². The molecule has 23 heavy (non-hydrogen) atoms. The van der Waals surface area contributed by atoms with Crippen molar-refractivity contribution in [3.05, 3.63) is 24.5 Å². The number of nitrogens with two attached hydrogens (primary N) is 1. The van der Waals surface area contributed by atoms with Gasteiger partial charge in [-0.25, -0.2) is 9.97 Å². The molecule has 0 saturated carbocycles. The molecule has 0 fully saturated rings. The van der Waals surface area contributed by atoms with Crippen molar-refractivity contribution < 1.29 is 14.3 Å². The molecular formula is C14H15N5O3S. The maximum Gasteiger partial charge on any atom is 0.237 e. The van der Waals surface area contributed by atoms with E-state index in [-0.39, 0.29) is 23.9 Å². The number of benzene rings is 1. The number of hydrogen-bond donors (Lipinski definition) is 2. The van der Waals surface area contributed by atoms with Crippen LogP contribution in [0.3, 0.4) is 0 Å². The number of hydrogen-bond acceptors (Lipinski definition) is 8. The summed E-state index contributed by atoms with van der Waals surface area (Å²) in [6.45, 7) is 2.11. The lowest BCUT2D eigenvalue weighted by atomic mass is 10.2. The van der Waals surface area contributed by atoms with Crippen LogP contribution in [0.25, 0.3) is 0 Å². The first kappa shape index (κ1) is 15.3. The number of fused-ring (bicyclic) bond motifs is 1. The molecule has 0 bridgehead atoms. The number of rotatable bonds is 5. The molecule has 3 N–H and O–H groups in total. The van der Waals surface area contributed by atoms with E-state index >= 15 is 0 Å². The van der Waals surface area contributed by atoms with Gasteiger partial charge < -0.3 is 20.5 Å². The van der Waals surface area contributed by atoms with Crippen LogP contribution in [-0.4, -0.2) is 32.9 Å². The lowest BCUT2D eigenvalue weighted by molar-refractivity contribution is -0.115.